The predicted octanol–water partition coefficient (Wildman–Crippen LogP) is 6.49. The second kappa shape index (κ2) is 7.66. The third-order valence-corrected chi connectivity index (χ3v) is 6.22. The zero-order valence-electron chi connectivity index (χ0n) is 17.2. The molecule has 2 aromatic heterocycles. The third kappa shape index (κ3) is 3.35. The molecule has 3 heterocycles. The molecule has 0 saturated carbocycles. The summed E-state index contributed by atoms with van der Waals surface area (Å²) in [6.45, 7) is 2.32. The van der Waals surface area contributed by atoms with Gasteiger partial charge in [-0.2, -0.15) is 0 Å². The molecule has 6 heteroatoms. The fourth-order valence-corrected chi connectivity index (χ4v) is 4.61. The molecule has 6 rings (SSSR count). The highest BCUT2D eigenvalue weighted by atomic mass is 32.1. The standard InChI is InChI=1S/C26H18N2O3S/c1-16-25(17-7-3-2-4-8-17)28-26(32-16)27-20-14-23(31-21-10-6-5-9-19(20)21)18-11-12-22-24(13-18)30-15-29-22/h2-14H,15H2,1H3/b27-20+. The van der Waals surface area contributed by atoms with Gasteiger partial charge in [0.2, 0.25) is 11.9 Å². The Labute approximate surface area is 188 Å². The monoisotopic (exact) mass is 438 g/mol. The van der Waals surface area contributed by atoms with Crippen LogP contribution in [0, 0.1) is 6.92 Å². The van der Waals surface area contributed by atoms with E-state index < -0.39 is 0 Å². The minimum Gasteiger partial charge on any atom is -0.456 e. The van der Waals surface area contributed by atoms with Crippen molar-refractivity contribution >= 4 is 27.4 Å². The molecule has 0 unspecified atom stereocenters. The Balaban J connectivity index is 1.51. The highest BCUT2D eigenvalue weighted by Crippen LogP contribution is 2.36. The Morgan fingerprint density at radius 1 is 0.844 bits per heavy atom. The predicted molar refractivity (Wildman–Crippen MR) is 125 cm³/mol. The molecule has 0 fully saturated rings. The van der Waals surface area contributed by atoms with E-state index in [4.69, 9.17) is 23.9 Å². The number of ether oxygens (including phenoxy) is 2. The van der Waals surface area contributed by atoms with Crippen molar-refractivity contribution < 1.29 is 13.9 Å². The number of fused-ring (bicyclic) bond motifs is 2. The lowest BCUT2D eigenvalue weighted by atomic mass is 10.1. The van der Waals surface area contributed by atoms with Crippen molar-refractivity contribution in [3.8, 4) is 34.1 Å². The molecule has 0 atom stereocenters. The summed E-state index contributed by atoms with van der Waals surface area (Å²) in [7, 11) is 0. The molecular weight excluding hydrogens is 420 g/mol. The van der Waals surface area contributed by atoms with E-state index >= 15 is 0 Å². The van der Waals surface area contributed by atoms with Gasteiger partial charge in [-0.3, -0.25) is 0 Å². The number of hydrogen-bond donors (Lipinski definition) is 0. The smallest absolute Gasteiger partial charge is 0.231 e. The summed E-state index contributed by atoms with van der Waals surface area (Å²) >= 11 is 1.59. The van der Waals surface area contributed by atoms with Crippen molar-refractivity contribution in [1.29, 1.82) is 0 Å². The van der Waals surface area contributed by atoms with Crippen LogP contribution < -0.4 is 14.8 Å². The van der Waals surface area contributed by atoms with E-state index in [2.05, 4.69) is 19.1 Å². The Bertz CT molecular complexity index is 1520. The van der Waals surface area contributed by atoms with Crippen LogP contribution in [-0.4, -0.2) is 11.8 Å². The van der Waals surface area contributed by atoms with Gasteiger partial charge >= 0.3 is 0 Å². The molecular formula is C26H18N2O3S. The summed E-state index contributed by atoms with van der Waals surface area (Å²) in [5, 5.41) is 2.47. The second-order valence-electron chi connectivity index (χ2n) is 7.44. The largest absolute Gasteiger partial charge is 0.456 e. The van der Waals surface area contributed by atoms with Crippen LogP contribution in [-0.2, 0) is 0 Å². The molecule has 0 N–H and O–H groups in total. The van der Waals surface area contributed by atoms with Gasteiger partial charge in [0.25, 0.3) is 0 Å². The van der Waals surface area contributed by atoms with Crippen LogP contribution in [0.1, 0.15) is 4.88 Å². The minimum atomic E-state index is 0.237. The van der Waals surface area contributed by atoms with Crippen molar-refractivity contribution in [1.82, 2.24) is 4.98 Å². The second-order valence-corrected chi connectivity index (χ2v) is 8.62. The highest BCUT2D eigenvalue weighted by Gasteiger charge is 2.16. The molecule has 0 saturated heterocycles. The Morgan fingerprint density at radius 2 is 1.66 bits per heavy atom. The first-order chi connectivity index (χ1) is 15.7. The number of rotatable bonds is 3. The average Bonchev–Trinajstić information content (AvgIpc) is 3.45. The molecule has 5 nitrogen and oxygen atoms in total. The molecule has 3 aromatic carbocycles. The van der Waals surface area contributed by atoms with E-state index in [1.165, 1.54) is 0 Å². The van der Waals surface area contributed by atoms with Crippen molar-refractivity contribution in [3.05, 3.63) is 89.1 Å². The van der Waals surface area contributed by atoms with Gasteiger partial charge in [0, 0.05) is 27.5 Å². The van der Waals surface area contributed by atoms with Crippen molar-refractivity contribution in [3.63, 3.8) is 0 Å². The van der Waals surface area contributed by atoms with E-state index in [-0.39, 0.29) is 6.79 Å². The lowest BCUT2D eigenvalue weighted by Crippen LogP contribution is -2.03. The molecule has 0 aliphatic carbocycles. The molecule has 5 aromatic rings. The molecule has 1 aliphatic heterocycles. The van der Waals surface area contributed by atoms with Gasteiger partial charge < -0.3 is 13.9 Å². The Morgan fingerprint density at radius 3 is 2.56 bits per heavy atom. The summed E-state index contributed by atoms with van der Waals surface area (Å²) in [5.41, 5.74) is 3.72. The summed E-state index contributed by atoms with van der Waals surface area (Å²) in [5.74, 6) is 2.16. The van der Waals surface area contributed by atoms with Crippen LogP contribution in [0.15, 0.2) is 88.3 Å². The first kappa shape index (κ1) is 18.8. The van der Waals surface area contributed by atoms with Gasteiger partial charge in [-0.15, -0.1) is 0 Å². The van der Waals surface area contributed by atoms with E-state index in [0.29, 0.717) is 16.6 Å². The number of hydrogen-bond acceptors (Lipinski definition) is 6. The van der Waals surface area contributed by atoms with Crippen LogP contribution >= 0.6 is 11.3 Å². The van der Waals surface area contributed by atoms with Gasteiger partial charge in [-0.25, -0.2) is 9.98 Å². The van der Waals surface area contributed by atoms with E-state index in [1.807, 2.05) is 66.7 Å². The van der Waals surface area contributed by atoms with Crippen LogP contribution in [0.4, 0.5) is 5.13 Å². The number of aromatic nitrogens is 1. The molecule has 0 spiro atoms. The molecule has 32 heavy (non-hydrogen) atoms. The number of para-hydroxylation sites is 1. The lowest BCUT2D eigenvalue weighted by molar-refractivity contribution is 0.174. The zero-order valence-corrected chi connectivity index (χ0v) is 18.1. The summed E-state index contributed by atoms with van der Waals surface area (Å²) in [4.78, 5) is 10.9. The van der Waals surface area contributed by atoms with E-state index in [9.17, 15) is 0 Å². The van der Waals surface area contributed by atoms with Crippen LogP contribution in [0.2, 0.25) is 0 Å². The van der Waals surface area contributed by atoms with Crippen LogP contribution in [0.5, 0.6) is 11.5 Å². The average molecular weight is 439 g/mol. The Kier molecular flexibility index (Phi) is 4.51. The summed E-state index contributed by atoms with van der Waals surface area (Å²) < 4.78 is 17.2. The maximum absolute atomic E-state index is 6.21. The molecule has 0 radical (unpaired) electrons. The van der Waals surface area contributed by atoms with Crippen LogP contribution in [0.25, 0.3) is 33.6 Å². The lowest BCUT2D eigenvalue weighted by Gasteiger charge is -2.05. The van der Waals surface area contributed by atoms with Gasteiger partial charge in [-0.1, -0.05) is 53.8 Å². The maximum Gasteiger partial charge on any atom is 0.231 e. The van der Waals surface area contributed by atoms with E-state index in [1.54, 1.807) is 11.3 Å². The molecule has 156 valence electrons. The van der Waals surface area contributed by atoms with Gasteiger partial charge in [0.05, 0.1) is 11.1 Å². The first-order valence-corrected chi connectivity index (χ1v) is 11.1. The quantitative estimate of drug-likeness (QED) is 0.323. The first-order valence-electron chi connectivity index (χ1n) is 10.2. The van der Waals surface area contributed by atoms with Crippen LogP contribution in [0.3, 0.4) is 0 Å². The van der Waals surface area contributed by atoms with Gasteiger partial charge in [0.15, 0.2) is 11.5 Å². The minimum absolute atomic E-state index is 0.237. The van der Waals surface area contributed by atoms with Crippen molar-refractivity contribution in [2.75, 3.05) is 6.79 Å². The van der Waals surface area contributed by atoms with E-state index in [0.717, 1.165) is 43.8 Å². The van der Waals surface area contributed by atoms with Crippen molar-refractivity contribution in [2.24, 2.45) is 4.99 Å². The SMILES string of the molecule is Cc1sc(/N=c2\cc(-c3ccc4c(c3)OCO4)oc3ccccc23)nc1-c1ccccc1. The number of aryl methyl sites for hydroxylation is 1. The number of nitrogens with zero attached hydrogens (tertiary/aromatic N) is 2. The highest BCUT2D eigenvalue weighted by molar-refractivity contribution is 7.15. The van der Waals surface area contributed by atoms with Crippen molar-refractivity contribution in [2.45, 2.75) is 6.92 Å². The Hall–Kier alpha value is -3.90. The molecule has 0 bridgehead atoms. The zero-order chi connectivity index (χ0) is 21.5. The number of thiazole rings is 1. The summed E-state index contributed by atoms with van der Waals surface area (Å²) in [6, 6.07) is 25.9. The normalized spacial score (nSPS) is 13.1. The topological polar surface area (TPSA) is 56.9 Å². The number of benzene rings is 3. The molecule has 1 aliphatic rings. The van der Waals surface area contributed by atoms with Gasteiger partial charge in [0.1, 0.15) is 11.3 Å². The fourth-order valence-electron chi connectivity index (χ4n) is 3.80. The summed E-state index contributed by atoms with van der Waals surface area (Å²) in [6.07, 6.45) is 0. The molecule has 0 amide bonds. The fraction of sp³-hybridized carbons (Fsp3) is 0.0769. The third-order valence-electron chi connectivity index (χ3n) is 5.36. The maximum atomic E-state index is 6.21. The van der Waals surface area contributed by atoms with Gasteiger partial charge in [-0.05, 0) is 37.3 Å².